The average molecular weight is 435 g/mol. The molecule has 1 heterocycles. The number of carbonyl (C=O) groups is 2. The second-order valence-electron chi connectivity index (χ2n) is 10.9. The van der Waals surface area contributed by atoms with Gasteiger partial charge in [0.25, 0.3) is 11.8 Å². The minimum atomic E-state index is -0.651. The first-order chi connectivity index (χ1) is 15.3. The largest absolute Gasteiger partial charge is 0.320 e. The Hall–Kier alpha value is -2.47. The van der Waals surface area contributed by atoms with Gasteiger partial charge in [-0.3, -0.25) is 20.4 Å². The molecule has 4 saturated carbocycles. The molecule has 4 fully saturated rings. The van der Waals surface area contributed by atoms with E-state index >= 15 is 0 Å². The first-order valence-corrected chi connectivity index (χ1v) is 12.1. The summed E-state index contributed by atoms with van der Waals surface area (Å²) in [4.78, 5) is 29.9. The van der Waals surface area contributed by atoms with E-state index in [1.165, 1.54) is 44.1 Å². The van der Waals surface area contributed by atoms with Gasteiger partial charge in [0.05, 0.1) is 11.6 Å². The molecule has 1 aromatic heterocycles. The molecule has 0 radical (unpaired) electrons. The quantitative estimate of drug-likeness (QED) is 0.623. The molecule has 4 aliphatic rings. The highest BCUT2D eigenvalue weighted by atomic mass is 16.2. The van der Waals surface area contributed by atoms with Gasteiger partial charge in [-0.25, -0.2) is 4.98 Å². The summed E-state index contributed by atoms with van der Waals surface area (Å²) in [6, 6.07) is 9.49. The van der Waals surface area contributed by atoms with E-state index in [9.17, 15) is 9.59 Å². The van der Waals surface area contributed by atoms with Crippen LogP contribution >= 0.6 is 0 Å². The number of rotatable bonds is 5. The van der Waals surface area contributed by atoms with Gasteiger partial charge in [-0.2, -0.15) is 0 Å². The first-order valence-electron chi connectivity index (χ1n) is 12.1. The van der Waals surface area contributed by atoms with Gasteiger partial charge in [0.1, 0.15) is 5.69 Å². The molecule has 0 aliphatic heterocycles. The normalized spacial score (nSPS) is 29.3. The molecule has 4 aliphatic carbocycles. The Balaban J connectivity index is 1.43. The molecule has 170 valence electrons. The van der Waals surface area contributed by atoms with E-state index in [2.05, 4.69) is 28.0 Å². The Kier molecular flexibility index (Phi) is 5.44. The molecule has 0 spiro atoms. The summed E-state index contributed by atoms with van der Waals surface area (Å²) in [5.74, 6) is 1.96. The van der Waals surface area contributed by atoms with Crippen molar-refractivity contribution in [3.8, 4) is 0 Å². The number of hydrogen-bond acceptors (Lipinski definition) is 4. The van der Waals surface area contributed by atoms with Crippen LogP contribution in [0, 0.1) is 23.7 Å². The molecule has 6 nitrogen and oxygen atoms in total. The van der Waals surface area contributed by atoms with Crippen LogP contribution in [0.2, 0.25) is 0 Å². The third-order valence-electron chi connectivity index (χ3n) is 7.92. The number of nitrogens with zero attached hydrogens (tertiary/aromatic N) is 1. The highest BCUT2D eigenvalue weighted by Gasteiger charge is 2.52. The molecule has 6 heteroatoms. The fourth-order valence-electron chi connectivity index (χ4n) is 7.06. The van der Waals surface area contributed by atoms with Crippen LogP contribution in [0.5, 0.6) is 0 Å². The molecule has 1 atom stereocenters. The van der Waals surface area contributed by atoms with Crippen molar-refractivity contribution >= 4 is 22.7 Å². The van der Waals surface area contributed by atoms with Crippen LogP contribution in [0.3, 0.4) is 0 Å². The van der Waals surface area contributed by atoms with Gasteiger partial charge in [-0.1, -0.05) is 32.0 Å². The van der Waals surface area contributed by atoms with E-state index < -0.39 is 11.9 Å². The standard InChI is InChI=1S/C26H34N4O2/c1-15(2)7-21(27)24(31)29-30-25(32)23-11-20(19-5-3-4-6-22(19)28-23)26-12-16-8-17(13-26)10-18(9-16)14-26/h3-6,11,15-18,21H,7-10,12-14,27H2,1-2H3,(H,29,31)(H,30,32)/t16?,17?,18?,21-,26?/m1/s1. The summed E-state index contributed by atoms with van der Waals surface area (Å²) in [7, 11) is 0. The van der Waals surface area contributed by atoms with Gasteiger partial charge in [0, 0.05) is 5.39 Å². The van der Waals surface area contributed by atoms with Crippen LogP contribution in [0.15, 0.2) is 30.3 Å². The van der Waals surface area contributed by atoms with Crippen molar-refractivity contribution in [1.29, 1.82) is 0 Å². The number of fused-ring (bicyclic) bond motifs is 1. The molecule has 32 heavy (non-hydrogen) atoms. The van der Waals surface area contributed by atoms with Gasteiger partial charge >= 0.3 is 0 Å². The van der Waals surface area contributed by atoms with Gasteiger partial charge in [0.2, 0.25) is 0 Å². The van der Waals surface area contributed by atoms with Crippen molar-refractivity contribution < 1.29 is 9.59 Å². The van der Waals surface area contributed by atoms with Crippen LogP contribution in [0.25, 0.3) is 10.9 Å². The third-order valence-corrected chi connectivity index (χ3v) is 7.92. The Labute approximate surface area is 189 Å². The molecule has 2 amide bonds. The number of pyridine rings is 1. The zero-order valence-electron chi connectivity index (χ0n) is 19.1. The number of para-hydroxylation sites is 1. The van der Waals surface area contributed by atoms with E-state index in [1.54, 1.807) is 0 Å². The molecule has 2 aromatic rings. The van der Waals surface area contributed by atoms with E-state index in [4.69, 9.17) is 5.73 Å². The van der Waals surface area contributed by atoms with Crippen LogP contribution in [0.1, 0.15) is 74.8 Å². The van der Waals surface area contributed by atoms with Gasteiger partial charge in [-0.15, -0.1) is 0 Å². The molecular weight excluding hydrogens is 400 g/mol. The molecule has 1 aromatic carbocycles. The zero-order valence-corrected chi connectivity index (χ0v) is 19.1. The van der Waals surface area contributed by atoms with Crippen molar-refractivity contribution in [2.45, 2.75) is 70.3 Å². The molecule has 4 N–H and O–H groups in total. The van der Waals surface area contributed by atoms with Crippen molar-refractivity contribution in [3.05, 3.63) is 41.6 Å². The lowest BCUT2D eigenvalue weighted by molar-refractivity contribution is -0.123. The second-order valence-corrected chi connectivity index (χ2v) is 10.9. The van der Waals surface area contributed by atoms with Crippen molar-refractivity contribution in [2.24, 2.45) is 29.4 Å². The lowest BCUT2D eigenvalue weighted by Gasteiger charge is -2.57. The molecule has 6 rings (SSSR count). The van der Waals surface area contributed by atoms with Crippen LogP contribution < -0.4 is 16.6 Å². The molecule has 0 unspecified atom stereocenters. The first kappa shape index (κ1) is 21.4. The number of hydrogen-bond donors (Lipinski definition) is 3. The predicted octanol–water partition coefficient (Wildman–Crippen LogP) is 3.84. The lowest BCUT2D eigenvalue weighted by atomic mass is 9.48. The Morgan fingerprint density at radius 2 is 1.69 bits per heavy atom. The maximum atomic E-state index is 13.0. The molecule has 4 bridgehead atoms. The van der Waals surface area contributed by atoms with Gasteiger partial charge in [0.15, 0.2) is 0 Å². The lowest BCUT2D eigenvalue weighted by Crippen LogP contribution is -2.50. The maximum Gasteiger partial charge on any atom is 0.288 e. The summed E-state index contributed by atoms with van der Waals surface area (Å²) in [5.41, 5.74) is 13.6. The van der Waals surface area contributed by atoms with Crippen molar-refractivity contribution in [3.63, 3.8) is 0 Å². The maximum absolute atomic E-state index is 13.0. The minimum Gasteiger partial charge on any atom is -0.320 e. The number of aromatic nitrogens is 1. The number of carbonyl (C=O) groups excluding carboxylic acids is 2. The molecule has 0 saturated heterocycles. The Bertz CT molecular complexity index is 1010. The summed E-state index contributed by atoms with van der Waals surface area (Å²) in [5, 5.41) is 1.16. The Morgan fingerprint density at radius 3 is 2.31 bits per heavy atom. The number of benzene rings is 1. The topological polar surface area (TPSA) is 97.1 Å². The van der Waals surface area contributed by atoms with Crippen molar-refractivity contribution in [2.75, 3.05) is 0 Å². The summed E-state index contributed by atoms with van der Waals surface area (Å²) >= 11 is 0. The van der Waals surface area contributed by atoms with Crippen LogP contribution in [-0.4, -0.2) is 22.8 Å². The monoisotopic (exact) mass is 434 g/mol. The molecular formula is C26H34N4O2. The average Bonchev–Trinajstić information content (AvgIpc) is 2.75. The van der Waals surface area contributed by atoms with Gasteiger partial charge < -0.3 is 5.73 Å². The van der Waals surface area contributed by atoms with Crippen molar-refractivity contribution in [1.82, 2.24) is 15.8 Å². The SMILES string of the molecule is CC(C)C[C@@H](N)C(=O)NNC(=O)c1cc(C23CC4CC(CC(C4)C2)C3)c2ccccc2n1. The third kappa shape index (κ3) is 3.90. The number of nitrogens with two attached hydrogens (primary N) is 1. The minimum absolute atomic E-state index is 0.148. The second kappa shape index (κ2) is 8.14. The number of nitrogens with one attached hydrogen (secondary N) is 2. The van der Waals surface area contributed by atoms with E-state index in [0.717, 1.165) is 28.7 Å². The zero-order chi connectivity index (χ0) is 22.5. The summed E-state index contributed by atoms with van der Waals surface area (Å²) < 4.78 is 0. The van der Waals surface area contributed by atoms with E-state index in [-0.39, 0.29) is 11.3 Å². The highest BCUT2D eigenvalue weighted by molar-refractivity contribution is 5.97. The summed E-state index contributed by atoms with van der Waals surface area (Å²) in [6.45, 7) is 4.02. The number of amides is 2. The Morgan fingerprint density at radius 1 is 1.06 bits per heavy atom. The fraction of sp³-hybridized carbons (Fsp3) is 0.577. The highest BCUT2D eigenvalue weighted by Crippen LogP contribution is 2.61. The van der Waals surface area contributed by atoms with Crippen LogP contribution in [-0.2, 0) is 10.2 Å². The van der Waals surface area contributed by atoms with E-state index in [0.29, 0.717) is 18.0 Å². The van der Waals surface area contributed by atoms with E-state index in [1.807, 2.05) is 32.0 Å². The van der Waals surface area contributed by atoms with Crippen LogP contribution in [0.4, 0.5) is 0 Å². The number of hydrazine groups is 1. The van der Waals surface area contributed by atoms with Gasteiger partial charge in [-0.05, 0) is 91.7 Å². The predicted molar refractivity (Wildman–Crippen MR) is 125 cm³/mol. The summed E-state index contributed by atoms with van der Waals surface area (Å²) in [6.07, 6.45) is 8.33. The smallest absolute Gasteiger partial charge is 0.288 e. The fourth-order valence-corrected chi connectivity index (χ4v) is 7.06.